The molecule has 0 radical (unpaired) electrons. The molecule has 0 spiro atoms. The highest BCUT2D eigenvalue weighted by molar-refractivity contribution is 5.96. The first-order chi connectivity index (χ1) is 14.9. The number of nitrogens with one attached hydrogen (secondary N) is 2. The number of carbonyl (C=O) groups excluding carboxylic acids is 3. The second-order valence-electron chi connectivity index (χ2n) is 5.92. The molecule has 0 fully saturated rings. The average Bonchev–Trinajstić information content (AvgIpc) is 2.79. The number of nitrogens with zero attached hydrogens (tertiary/aromatic N) is 1. The number of esters is 1. The van der Waals surface area contributed by atoms with E-state index in [2.05, 4.69) is 17.4 Å². The molecule has 0 atom stereocenters. The molecule has 0 saturated carbocycles. The molecule has 0 bridgehead atoms. The van der Waals surface area contributed by atoms with E-state index in [1.54, 1.807) is 30.3 Å². The van der Waals surface area contributed by atoms with Gasteiger partial charge < -0.3 is 9.47 Å². The summed E-state index contributed by atoms with van der Waals surface area (Å²) in [7, 11) is 0. The van der Waals surface area contributed by atoms with Gasteiger partial charge in [-0.3, -0.25) is 30.6 Å². The van der Waals surface area contributed by atoms with Crippen molar-refractivity contribution in [1.82, 2.24) is 10.9 Å². The first-order valence-electron chi connectivity index (χ1n) is 8.91. The topological polar surface area (TPSA) is 137 Å². The van der Waals surface area contributed by atoms with Crippen LogP contribution in [0.2, 0.25) is 0 Å². The van der Waals surface area contributed by atoms with E-state index in [1.165, 1.54) is 18.2 Å². The maximum absolute atomic E-state index is 11.9. The summed E-state index contributed by atoms with van der Waals surface area (Å²) in [5, 5.41) is 10.6. The number of hydrazine groups is 1. The van der Waals surface area contributed by atoms with Gasteiger partial charge in [-0.1, -0.05) is 24.8 Å². The Labute approximate surface area is 177 Å². The van der Waals surface area contributed by atoms with Crippen LogP contribution in [0, 0.1) is 10.1 Å². The molecule has 10 nitrogen and oxygen atoms in total. The molecule has 2 rings (SSSR count). The minimum Gasteiger partial charge on any atom is -0.490 e. The van der Waals surface area contributed by atoms with Crippen LogP contribution in [0.3, 0.4) is 0 Å². The second-order valence-corrected chi connectivity index (χ2v) is 5.92. The van der Waals surface area contributed by atoms with Gasteiger partial charge in [0, 0.05) is 23.8 Å². The Hall–Kier alpha value is -4.47. The summed E-state index contributed by atoms with van der Waals surface area (Å²) in [4.78, 5) is 45.3. The molecule has 2 aromatic rings. The third-order valence-electron chi connectivity index (χ3n) is 3.66. The van der Waals surface area contributed by atoms with Crippen LogP contribution in [0.25, 0.3) is 6.08 Å². The Kier molecular flexibility index (Phi) is 8.47. The number of hydrogen-bond acceptors (Lipinski definition) is 7. The molecule has 2 amide bonds. The number of nitro benzene ring substituents is 1. The molecule has 0 aliphatic carbocycles. The van der Waals surface area contributed by atoms with E-state index in [9.17, 15) is 24.5 Å². The first kappa shape index (κ1) is 22.8. The van der Waals surface area contributed by atoms with E-state index in [0.717, 1.165) is 23.8 Å². The van der Waals surface area contributed by atoms with Gasteiger partial charge in [0.05, 0.1) is 4.92 Å². The number of rotatable bonds is 9. The number of non-ortho nitro benzene ring substituents is 1. The van der Waals surface area contributed by atoms with Crippen LogP contribution in [0.15, 0.2) is 67.3 Å². The Morgan fingerprint density at radius 2 is 1.71 bits per heavy atom. The minimum absolute atomic E-state index is 0.103. The van der Waals surface area contributed by atoms with E-state index in [0.29, 0.717) is 12.4 Å². The highest BCUT2D eigenvalue weighted by Gasteiger charge is 2.11. The van der Waals surface area contributed by atoms with Crippen molar-refractivity contribution in [3.05, 3.63) is 88.5 Å². The second kappa shape index (κ2) is 11.5. The lowest BCUT2D eigenvalue weighted by atomic mass is 10.2. The summed E-state index contributed by atoms with van der Waals surface area (Å²) in [5.74, 6) is -1.54. The number of nitro groups is 1. The summed E-state index contributed by atoms with van der Waals surface area (Å²) >= 11 is 0. The van der Waals surface area contributed by atoms with Crippen molar-refractivity contribution < 1.29 is 28.8 Å². The van der Waals surface area contributed by atoms with Gasteiger partial charge in [0.1, 0.15) is 12.4 Å². The molecular weight excluding hydrogens is 406 g/mol. The molecule has 31 heavy (non-hydrogen) atoms. The van der Waals surface area contributed by atoms with Crippen molar-refractivity contribution in [2.45, 2.75) is 0 Å². The van der Waals surface area contributed by atoms with Crippen LogP contribution in [0.1, 0.15) is 15.9 Å². The van der Waals surface area contributed by atoms with E-state index in [1.807, 2.05) is 0 Å². The molecule has 2 aromatic carbocycles. The zero-order valence-electron chi connectivity index (χ0n) is 16.3. The third kappa shape index (κ3) is 7.81. The van der Waals surface area contributed by atoms with E-state index >= 15 is 0 Å². The van der Waals surface area contributed by atoms with E-state index < -0.39 is 29.3 Å². The Balaban J connectivity index is 1.73. The standard InChI is InChI=1S/C21H19N3O7/c1-2-13-30-18-10-3-15(4-11-18)5-12-20(26)31-14-19(25)22-23-21(27)16-6-8-17(9-7-16)24(28)29/h2-12H,1,13-14H2,(H,22,25)(H,23,27). The molecule has 0 unspecified atom stereocenters. The van der Waals surface area contributed by atoms with Gasteiger partial charge in [-0.2, -0.15) is 0 Å². The van der Waals surface area contributed by atoms with Gasteiger partial charge in [-0.25, -0.2) is 4.79 Å². The molecule has 160 valence electrons. The lowest BCUT2D eigenvalue weighted by Gasteiger charge is -2.07. The molecular formula is C21H19N3O7. The quantitative estimate of drug-likeness (QED) is 0.206. The SMILES string of the molecule is C=CCOc1ccc(C=CC(=O)OCC(=O)NNC(=O)c2ccc([N+](=O)[O-])cc2)cc1. The summed E-state index contributed by atoms with van der Waals surface area (Å²) in [6.07, 6.45) is 4.29. The fraction of sp³-hybridized carbons (Fsp3) is 0.0952. The van der Waals surface area contributed by atoms with Crippen molar-refractivity contribution >= 4 is 29.5 Å². The maximum atomic E-state index is 11.9. The summed E-state index contributed by atoms with van der Waals surface area (Å²) in [5.41, 5.74) is 4.85. The highest BCUT2D eigenvalue weighted by atomic mass is 16.6. The Morgan fingerprint density at radius 3 is 2.32 bits per heavy atom. The van der Waals surface area contributed by atoms with Crippen molar-refractivity contribution in [3.8, 4) is 5.75 Å². The number of amides is 2. The van der Waals surface area contributed by atoms with Crippen LogP contribution < -0.4 is 15.6 Å². The minimum atomic E-state index is -0.763. The lowest BCUT2D eigenvalue weighted by molar-refractivity contribution is -0.384. The monoisotopic (exact) mass is 425 g/mol. The molecule has 0 aliphatic heterocycles. The van der Waals surface area contributed by atoms with Crippen molar-refractivity contribution in [3.63, 3.8) is 0 Å². The third-order valence-corrected chi connectivity index (χ3v) is 3.66. The van der Waals surface area contributed by atoms with Gasteiger partial charge in [-0.05, 0) is 35.9 Å². The Bertz CT molecular complexity index is 983. The lowest BCUT2D eigenvalue weighted by Crippen LogP contribution is -2.43. The van der Waals surface area contributed by atoms with Crippen molar-refractivity contribution in [1.29, 1.82) is 0 Å². The smallest absolute Gasteiger partial charge is 0.331 e. The van der Waals surface area contributed by atoms with Crippen molar-refractivity contribution in [2.24, 2.45) is 0 Å². The van der Waals surface area contributed by atoms with Gasteiger partial charge in [0.25, 0.3) is 17.5 Å². The predicted octanol–water partition coefficient (Wildman–Crippen LogP) is 2.18. The number of carbonyl (C=O) groups is 3. The maximum Gasteiger partial charge on any atom is 0.331 e. The summed E-state index contributed by atoms with van der Waals surface area (Å²) in [6.45, 7) is 3.33. The summed E-state index contributed by atoms with van der Waals surface area (Å²) in [6, 6.07) is 11.7. The molecule has 10 heteroatoms. The molecule has 2 N–H and O–H groups in total. The van der Waals surface area contributed by atoms with E-state index in [4.69, 9.17) is 9.47 Å². The molecule has 0 heterocycles. The fourth-order valence-electron chi connectivity index (χ4n) is 2.15. The number of benzene rings is 2. The number of hydrogen-bond donors (Lipinski definition) is 2. The van der Waals surface area contributed by atoms with Crippen LogP contribution in [0.4, 0.5) is 5.69 Å². The largest absolute Gasteiger partial charge is 0.490 e. The molecule has 0 aromatic heterocycles. The molecule has 0 saturated heterocycles. The van der Waals surface area contributed by atoms with Gasteiger partial charge >= 0.3 is 5.97 Å². The fourth-order valence-corrected chi connectivity index (χ4v) is 2.15. The van der Waals surface area contributed by atoms with Gasteiger partial charge in [0.2, 0.25) is 0 Å². The zero-order chi connectivity index (χ0) is 22.6. The van der Waals surface area contributed by atoms with Gasteiger partial charge in [-0.15, -0.1) is 0 Å². The van der Waals surface area contributed by atoms with Crippen molar-refractivity contribution in [2.75, 3.05) is 13.2 Å². The zero-order valence-corrected chi connectivity index (χ0v) is 16.3. The normalized spacial score (nSPS) is 10.2. The summed E-state index contributed by atoms with van der Waals surface area (Å²) < 4.78 is 10.1. The van der Waals surface area contributed by atoms with Crippen LogP contribution in [0.5, 0.6) is 5.75 Å². The van der Waals surface area contributed by atoms with Crippen LogP contribution in [-0.2, 0) is 14.3 Å². The molecule has 0 aliphatic rings. The Morgan fingerprint density at radius 1 is 1.03 bits per heavy atom. The van der Waals surface area contributed by atoms with E-state index in [-0.39, 0.29) is 11.3 Å². The van der Waals surface area contributed by atoms with Gasteiger partial charge in [0.15, 0.2) is 6.61 Å². The first-order valence-corrected chi connectivity index (χ1v) is 8.91. The van der Waals surface area contributed by atoms with Crippen LogP contribution >= 0.6 is 0 Å². The predicted molar refractivity (Wildman–Crippen MR) is 111 cm³/mol. The number of ether oxygens (including phenoxy) is 2. The average molecular weight is 425 g/mol. The van der Waals surface area contributed by atoms with Crippen LogP contribution in [-0.4, -0.2) is 35.9 Å². The highest BCUT2D eigenvalue weighted by Crippen LogP contribution is 2.13.